The standard InChI is InChI=1S/C27H38N4O3/c1-31(25-15-16-26(33)30-27(25)34)18-24-20(9-7-10-21(24)19-32)8-5-3-2-4-6-17-29-23-13-11-22(28)12-14-23/h7,9-10,19,22-23,25,29H,2-4,6,11-18,28H2,1H3,(H,30,33,34). The third kappa shape index (κ3) is 7.76. The Labute approximate surface area is 203 Å². The summed E-state index contributed by atoms with van der Waals surface area (Å²) in [5.74, 6) is 5.99. The summed E-state index contributed by atoms with van der Waals surface area (Å²) in [6, 6.07) is 6.17. The van der Waals surface area contributed by atoms with Gasteiger partial charge >= 0.3 is 0 Å². The van der Waals surface area contributed by atoms with Gasteiger partial charge in [0.2, 0.25) is 11.8 Å². The molecular weight excluding hydrogens is 428 g/mol. The number of nitrogens with one attached hydrogen (secondary N) is 2. The highest BCUT2D eigenvalue weighted by molar-refractivity contribution is 6.00. The van der Waals surface area contributed by atoms with E-state index in [1.165, 1.54) is 12.8 Å². The molecule has 1 saturated heterocycles. The van der Waals surface area contributed by atoms with E-state index in [0.29, 0.717) is 37.0 Å². The molecule has 1 saturated carbocycles. The first kappa shape index (κ1) is 26.1. The summed E-state index contributed by atoms with van der Waals surface area (Å²) >= 11 is 0. The molecule has 1 heterocycles. The summed E-state index contributed by atoms with van der Waals surface area (Å²) in [4.78, 5) is 37.2. The molecule has 2 amide bonds. The van der Waals surface area contributed by atoms with E-state index in [-0.39, 0.29) is 11.8 Å². The van der Waals surface area contributed by atoms with Crippen LogP contribution in [0.25, 0.3) is 0 Å². The third-order valence-electron chi connectivity index (χ3n) is 6.90. The zero-order chi connectivity index (χ0) is 24.3. The molecule has 7 nitrogen and oxygen atoms in total. The van der Waals surface area contributed by atoms with E-state index < -0.39 is 6.04 Å². The van der Waals surface area contributed by atoms with Gasteiger partial charge in [-0.25, -0.2) is 0 Å². The van der Waals surface area contributed by atoms with E-state index in [9.17, 15) is 14.4 Å². The molecule has 0 aromatic heterocycles. The average molecular weight is 467 g/mol. The van der Waals surface area contributed by atoms with Crippen molar-refractivity contribution in [2.45, 2.75) is 88.9 Å². The van der Waals surface area contributed by atoms with Crippen LogP contribution in [0, 0.1) is 11.8 Å². The number of aldehydes is 1. The van der Waals surface area contributed by atoms with Crippen molar-refractivity contribution < 1.29 is 14.4 Å². The van der Waals surface area contributed by atoms with Gasteiger partial charge in [-0.05, 0) is 70.2 Å². The molecular formula is C27H38N4O3. The van der Waals surface area contributed by atoms with Crippen molar-refractivity contribution in [3.63, 3.8) is 0 Å². The molecule has 7 heteroatoms. The fourth-order valence-corrected chi connectivity index (χ4v) is 4.77. The summed E-state index contributed by atoms with van der Waals surface area (Å²) in [5, 5.41) is 6.05. The Kier molecular flexibility index (Phi) is 10.3. The van der Waals surface area contributed by atoms with Gasteiger partial charge in [-0.2, -0.15) is 0 Å². The quantitative estimate of drug-likeness (QED) is 0.212. The predicted octanol–water partition coefficient (Wildman–Crippen LogP) is 2.51. The predicted molar refractivity (Wildman–Crippen MR) is 133 cm³/mol. The van der Waals surface area contributed by atoms with Crippen LogP contribution in [0.2, 0.25) is 0 Å². The topological polar surface area (TPSA) is 105 Å². The lowest BCUT2D eigenvalue weighted by Gasteiger charge is -2.30. The van der Waals surface area contributed by atoms with E-state index in [4.69, 9.17) is 5.73 Å². The highest BCUT2D eigenvalue weighted by Crippen LogP contribution is 2.20. The second-order valence-corrected chi connectivity index (χ2v) is 9.55. The Bertz CT molecular complexity index is 912. The maximum absolute atomic E-state index is 12.2. The van der Waals surface area contributed by atoms with Gasteiger partial charge in [0.1, 0.15) is 6.29 Å². The molecule has 0 spiro atoms. The molecule has 2 fully saturated rings. The van der Waals surface area contributed by atoms with Crippen molar-refractivity contribution >= 4 is 18.1 Å². The van der Waals surface area contributed by atoms with Crippen molar-refractivity contribution in [2.24, 2.45) is 5.73 Å². The van der Waals surface area contributed by atoms with Crippen LogP contribution in [0.4, 0.5) is 0 Å². The maximum Gasteiger partial charge on any atom is 0.243 e. The Morgan fingerprint density at radius 1 is 1.15 bits per heavy atom. The summed E-state index contributed by atoms with van der Waals surface area (Å²) in [6.07, 6.45) is 10.4. The molecule has 1 unspecified atom stereocenters. The van der Waals surface area contributed by atoms with Crippen LogP contribution in [-0.4, -0.2) is 54.7 Å². The van der Waals surface area contributed by atoms with Crippen LogP contribution in [0.15, 0.2) is 18.2 Å². The summed E-state index contributed by atoms with van der Waals surface area (Å²) < 4.78 is 0. The van der Waals surface area contributed by atoms with E-state index in [2.05, 4.69) is 22.5 Å². The zero-order valence-electron chi connectivity index (χ0n) is 20.3. The van der Waals surface area contributed by atoms with Gasteiger partial charge in [-0.1, -0.05) is 30.4 Å². The van der Waals surface area contributed by atoms with Crippen LogP contribution in [0.3, 0.4) is 0 Å². The largest absolute Gasteiger partial charge is 0.328 e. The number of nitrogens with zero attached hydrogens (tertiary/aromatic N) is 1. The molecule has 1 aromatic carbocycles. The SMILES string of the molecule is CN(Cc1c(C#CCCCCCNC2CCC(N)CC2)cccc1C=O)C1CCC(=O)NC1=O. The van der Waals surface area contributed by atoms with Crippen molar-refractivity contribution in [2.75, 3.05) is 13.6 Å². The van der Waals surface area contributed by atoms with Gasteiger partial charge in [0.05, 0.1) is 6.04 Å². The van der Waals surface area contributed by atoms with Gasteiger partial charge in [-0.15, -0.1) is 0 Å². The normalized spacial score (nSPS) is 22.7. The van der Waals surface area contributed by atoms with Crippen molar-refractivity contribution in [1.29, 1.82) is 0 Å². The average Bonchev–Trinajstić information content (AvgIpc) is 2.82. The highest BCUT2D eigenvalue weighted by Gasteiger charge is 2.30. The number of hydrogen-bond donors (Lipinski definition) is 3. The Morgan fingerprint density at radius 2 is 1.94 bits per heavy atom. The van der Waals surface area contributed by atoms with Gasteiger partial charge in [-0.3, -0.25) is 24.6 Å². The fourth-order valence-electron chi connectivity index (χ4n) is 4.77. The number of hydrogen-bond acceptors (Lipinski definition) is 6. The minimum Gasteiger partial charge on any atom is -0.328 e. The fraction of sp³-hybridized carbons (Fsp3) is 0.593. The first-order chi connectivity index (χ1) is 16.5. The van der Waals surface area contributed by atoms with Crippen LogP contribution in [-0.2, 0) is 16.1 Å². The second kappa shape index (κ2) is 13.4. The van der Waals surface area contributed by atoms with Crippen molar-refractivity contribution in [3.05, 3.63) is 34.9 Å². The molecule has 0 radical (unpaired) electrons. The molecule has 4 N–H and O–H groups in total. The number of carbonyl (C=O) groups excluding carboxylic acids is 3. The number of unbranched alkanes of at least 4 members (excludes halogenated alkanes) is 3. The number of imide groups is 1. The zero-order valence-corrected chi connectivity index (χ0v) is 20.3. The molecule has 1 aromatic rings. The summed E-state index contributed by atoms with van der Waals surface area (Å²) in [5.41, 5.74) is 8.20. The van der Waals surface area contributed by atoms with Gasteiger partial charge in [0.15, 0.2) is 0 Å². The lowest BCUT2D eigenvalue weighted by molar-refractivity contribution is -0.137. The summed E-state index contributed by atoms with van der Waals surface area (Å²) in [6.45, 7) is 1.47. The number of likely N-dealkylation sites (N-methyl/N-ethyl adjacent to an activating group) is 1. The van der Waals surface area contributed by atoms with Crippen molar-refractivity contribution in [1.82, 2.24) is 15.5 Å². The van der Waals surface area contributed by atoms with Crippen LogP contribution in [0.1, 0.15) is 85.7 Å². The number of nitrogens with two attached hydrogens (primary N) is 1. The van der Waals surface area contributed by atoms with E-state index in [1.54, 1.807) is 6.07 Å². The summed E-state index contributed by atoms with van der Waals surface area (Å²) in [7, 11) is 1.84. The van der Waals surface area contributed by atoms with Crippen molar-refractivity contribution in [3.8, 4) is 11.8 Å². The molecule has 1 atom stereocenters. The lowest BCUT2D eigenvalue weighted by Crippen LogP contribution is -2.51. The first-order valence-electron chi connectivity index (χ1n) is 12.6. The second-order valence-electron chi connectivity index (χ2n) is 9.55. The minimum atomic E-state index is -0.392. The highest BCUT2D eigenvalue weighted by atomic mass is 16.2. The molecule has 184 valence electrons. The Balaban J connectivity index is 1.47. The van der Waals surface area contributed by atoms with Crippen LogP contribution >= 0.6 is 0 Å². The molecule has 34 heavy (non-hydrogen) atoms. The maximum atomic E-state index is 12.2. The van der Waals surface area contributed by atoms with Crippen LogP contribution < -0.4 is 16.4 Å². The first-order valence-corrected chi connectivity index (χ1v) is 12.6. The number of benzene rings is 1. The molecule has 0 bridgehead atoms. The Hall–Kier alpha value is -2.53. The molecule has 3 rings (SSSR count). The Morgan fingerprint density at radius 3 is 2.68 bits per heavy atom. The number of piperidine rings is 1. The molecule has 2 aliphatic rings. The molecule has 1 aliphatic heterocycles. The van der Waals surface area contributed by atoms with E-state index >= 15 is 0 Å². The van der Waals surface area contributed by atoms with Crippen LogP contribution in [0.5, 0.6) is 0 Å². The van der Waals surface area contributed by atoms with Gasteiger partial charge in [0.25, 0.3) is 0 Å². The number of amides is 2. The number of rotatable bonds is 10. The minimum absolute atomic E-state index is 0.232. The molecule has 1 aliphatic carbocycles. The van der Waals surface area contributed by atoms with E-state index in [1.807, 2.05) is 24.1 Å². The third-order valence-corrected chi connectivity index (χ3v) is 6.90. The number of carbonyl (C=O) groups is 3. The van der Waals surface area contributed by atoms with Gasteiger partial charge in [0, 0.05) is 42.6 Å². The monoisotopic (exact) mass is 466 g/mol. The lowest BCUT2D eigenvalue weighted by atomic mass is 9.92. The van der Waals surface area contributed by atoms with Gasteiger partial charge < -0.3 is 11.1 Å². The smallest absolute Gasteiger partial charge is 0.243 e. The van der Waals surface area contributed by atoms with E-state index in [0.717, 1.165) is 62.5 Å².